The third-order valence-electron chi connectivity index (χ3n) is 30.7. The lowest BCUT2D eigenvalue weighted by atomic mass is 9.42. The molecule has 7 aliphatic rings. The molecular formula is C119H108B2N4. The van der Waals surface area contributed by atoms with Gasteiger partial charge in [-0.2, -0.15) is 0 Å². The molecule has 5 aliphatic heterocycles. The topological polar surface area (TPSA) is 13.0 Å². The van der Waals surface area contributed by atoms with E-state index in [0.717, 1.165) is 36.3 Å². The SMILES string of the molecule is CC(C)(C)c1ccc(-c2cccc(N3c4cc(-c5ccc(C(C)(C)C)cc5)ccc4B4c5c(cc6cc(CC(C)(C)c7ccc(N8B9c%10ccc(-c%11ccccc%11)cc%10N(c%10cccc(-c%11ccccc%11)c%10)c%10cc%11ccccc%11c(c%109)-c9cc%10c(cc98)C(C)(C)c8ccccc8-%10)cc7)ccc6c53)-c3cc(C(C)(C)C)cc5c3N4C3(C)CCCCC53C)c2)cc1. The molecule has 5 heterocycles. The molecule has 0 bridgehead atoms. The van der Waals surface area contributed by atoms with E-state index in [9.17, 15) is 0 Å². The predicted octanol–water partition coefficient (Wildman–Crippen LogP) is 29.1. The molecule has 23 rings (SSSR count). The molecule has 16 aromatic carbocycles. The fraction of sp³-hybridized carbons (Fsp3) is 0.227. The number of rotatable bonds is 10. The second-order valence-electron chi connectivity index (χ2n) is 42.1. The number of nitrogens with zero attached hydrogens (tertiary/aromatic N) is 4. The summed E-state index contributed by atoms with van der Waals surface area (Å²) in [4.78, 5) is 11.1. The van der Waals surface area contributed by atoms with Gasteiger partial charge in [0.25, 0.3) is 0 Å². The first-order valence-electron chi connectivity index (χ1n) is 45.8. The molecule has 1 fully saturated rings. The maximum atomic E-state index is 3.02. The summed E-state index contributed by atoms with van der Waals surface area (Å²) in [5.41, 5.74) is 44.2. The van der Waals surface area contributed by atoms with E-state index in [1.165, 1.54) is 207 Å². The summed E-state index contributed by atoms with van der Waals surface area (Å²) in [6, 6.07) is 126. The second-order valence-corrected chi connectivity index (χ2v) is 42.1. The number of fused-ring (bicyclic) bond motifs is 18. The molecule has 0 N–H and O–H groups in total. The highest BCUT2D eigenvalue weighted by Gasteiger charge is 2.63. The Kier molecular flexibility index (Phi) is 16.9. The van der Waals surface area contributed by atoms with E-state index >= 15 is 0 Å². The molecule has 1 saturated carbocycles. The molecule has 610 valence electrons. The zero-order chi connectivity index (χ0) is 85.5. The summed E-state index contributed by atoms with van der Waals surface area (Å²) in [6.45, 7) is 36.1. The Morgan fingerprint density at radius 3 is 1.50 bits per heavy atom. The predicted molar refractivity (Wildman–Crippen MR) is 536 cm³/mol. The van der Waals surface area contributed by atoms with Crippen molar-refractivity contribution in [3.8, 4) is 77.9 Å². The maximum Gasteiger partial charge on any atom is 0.333 e. The van der Waals surface area contributed by atoms with Crippen LogP contribution in [0.3, 0.4) is 0 Å². The molecule has 0 saturated heterocycles. The Labute approximate surface area is 740 Å². The smallest absolute Gasteiger partial charge is 0.333 e. The Morgan fingerprint density at radius 2 is 0.856 bits per heavy atom. The van der Waals surface area contributed by atoms with Crippen LogP contribution in [0.1, 0.15) is 174 Å². The molecule has 0 amide bonds. The van der Waals surface area contributed by atoms with Crippen LogP contribution in [0, 0.1) is 0 Å². The summed E-state index contributed by atoms with van der Waals surface area (Å²) in [5, 5.41) is 5.04. The van der Waals surface area contributed by atoms with E-state index < -0.39 is 0 Å². The minimum Gasteiger partial charge on any atom is -0.400 e. The van der Waals surface area contributed by atoms with E-state index in [1.807, 2.05) is 0 Å². The third kappa shape index (κ3) is 11.7. The van der Waals surface area contributed by atoms with Crippen molar-refractivity contribution in [1.29, 1.82) is 0 Å². The Balaban J connectivity index is 0.702. The quantitative estimate of drug-likeness (QED) is 0.127. The van der Waals surface area contributed by atoms with Crippen LogP contribution in [0.5, 0.6) is 0 Å². The van der Waals surface area contributed by atoms with Gasteiger partial charge in [0.1, 0.15) is 0 Å². The summed E-state index contributed by atoms with van der Waals surface area (Å²) in [5.74, 6) is 0. The lowest BCUT2D eigenvalue weighted by Crippen LogP contribution is -2.70. The summed E-state index contributed by atoms with van der Waals surface area (Å²) >= 11 is 0. The van der Waals surface area contributed by atoms with Crippen LogP contribution in [0.2, 0.25) is 0 Å². The number of hydrogen-bond donors (Lipinski definition) is 0. The number of anilines is 9. The molecule has 0 aromatic heterocycles. The van der Waals surface area contributed by atoms with Gasteiger partial charge in [0.2, 0.25) is 0 Å². The van der Waals surface area contributed by atoms with Gasteiger partial charge in [-0.3, -0.25) is 0 Å². The normalized spacial score (nSPS) is 17.3. The van der Waals surface area contributed by atoms with Crippen molar-refractivity contribution in [2.75, 3.05) is 19.4 Å². The van der Waals surface area contributed by atoms with Crippen molar-refractivity contribution >= 4 is 108 Å². The molecular weight excluding hydrogens is 1510 g/mol. The Hall–Kier alpha value is -12.6. The van der Waals surface area contributed by atoms with Crippen LogP contribution < -0.4 is 41.3 Å². The zero-order valence-electron chi connectivity index (χ0n) is 75.1. The highest BCUT2D eigenvalue weighted by molar-refractivity contribution is 6.94. The summed E-state index contributed by atoms with van der Waals surface area (Å²) < 4.78 is 0. The molecule has 2 aliphatic carbocycles. The first kappa shape index (κ1) is 77.2. The van der Waals surface area contributed by atoms with Gasteiger partial charge in [0.15, 0.2) is 0 Å². The highest BCUT2D eigenvalue weighted by Crippen LogP contribution is 2.65. The standard InChI is InChI=1S/C119H108B2N4/c1-113(2,3)85-49-43-77(44-50-85)80-36-29-38-91(64-80)123-106-67-82(78-45-51-86(52-46-78)114(4,5)6)48-59-103(106)121-109-96(97-69-88(115(7,8)9)70-101-111(97)125(121)119(15)61-27-26-60-118(101,119)14)65-84-62-74(42-57-93(84)112(109)123)73-116(10,11)87-53-55-89(56-54-87)124-104-72-100-95(94-40-24-25-41-99(94)117(100,12)13)71-98(104)108-92-39-23-22-34-83(92)68-107-110(108)120(124)102-58-47-81(76-32-20-17-21-33-76)66-105(102)122(107)90-37-28-35-79(63-90)75-30-18-16-19-31-75/h16-25,28-59,62-72H,26-27,60-61,73H2,1-15H3. The van der Waals surface area contributed by atoms with Crippen LogP contribution in [0.15, 0.2) is 322 Å². The first-order chi connectivity index (χ1) is 60.1. The van der Waals surface area contributed by atoms with Crippen molar-refractivity contribution in [3.63, 3.8) is 0 Å². The van der Waals surface area contributed by atoms with Gasteiger partial charge in [0.05, 0.1) is 5.69 Å². The lowest BCUT2D eigenvalue weighted by Gasteiger charge is -2.55. The Bertz CT molecular complexity index is 7180. The zero-order valence-corrected chi connectivity index (χ0v) is 75.1. The molecule has 16 aromatic rings. The van der Waals surface area contributed by atoms with Crippen molar-refractivity contribution < 1.29 is 0 Å². The molecule has 0 spiro atoms. The van der Waals surface area contributed by atoms with Gasteiger partial charge in [-0.15, -0.1) is 0 Å². The minimum atomic E-state index is -0.295. The van der Waals surface area contributed by atoms with Crippen LogP contribution in [0.4, 0.5) is 51.2 Å². The number of benzene rings is 16. The lowest BCUT2D eigenvalue weighted by molar-refractivity contribution is 0.199. The van der Waals surface area contributed by atoms with E-state index in [1.54, 1.807) is 5.56 Å². The minimum absolute atomic E-state index is 0.0308. The van der Waals surface area contributed by atoms with E-state index in [4.69, 9.17) is 0 Å². The van der Waals surface area contributed by atoms with Gasteiger partial charge < -0.3 is 19.4 Å². The van der Waals surface area contributed by atoms with E-state index in [2.05, 4.69) is 445 Å². The molecule has 4 nitrogen and oxygen atoms in total. The van der Waals surface area contributed by atoms with Crippen LogP contribution in [0.25, 0.3) is 99.4 Å². The fourth-order valence-corrected chi connectivity index (χ4v) is 23.7. The largest absolute Gasteiger partial charge is 0.400 e. The van der Waals surface area contributed by atoms with Gasteiger partial charge >= 0.3 is 13.7 Å². The van der Waals surface area contributed by atoms with Crippen molar-refractivity contribution in [2.24, 2.45) is 0 Å². The van der Waals surface area contributed by atoms with Crippen LogP contribution in [-0.2, 0) is 38.9 Å². The summed E-state index contributed by atoms with van der Waals surface area (Å²) in [6.07, 6.45) is 5.58. The highest BCUT2D eigenvalue weighted by atomic mass is 15.2. The molecule has 2 unspecified atom stereocenters. The average molecular weight is 1620 g/mol. The van der Waals surface area contributed by atoms with E-state index in [0.29, 0.717) is 0 Å². The molecule has 0 radical (unpaired) electrons. The van der Waals surface area contributed by atoms with E-state index in [-0.39, 0.29) is 51.7 Å². The Morgan fingerprint density at radius 1 is 0.312 bits per heavy atom. The monoisotopic (exact) mass is 1610 g/mol. The molecule has 2 atom stereocenters. The maximum absolute atomic E-state index is 3.02. The molecule has 125 heavy (non-hydrogen) atoms. The number of hydrogen-bond acceptors (Lipinski definition) is 4. The average Bonchev–Trinajstić information content (AvgIpc) is 1.52. The second kappa shape index (κ2) is 27.4. The van der Waals surface area contributed by atoms with Crippen molar-refractivity contribution in [3.05, 3.63) is 366 Å². The summed E-state index contributed by atoms with van der Waals surface area (Å²) in [7, 11) is 0. The van der Waals surface area contributed by atoms with Crippen molar-refractivity contribution in [1.82, 2.24) is 0 Å². The van der Waals surface area contributed by atoms with Crippen LogP contribution in [-0.4, -0.2) is 19.2 Å². The van der Waals surface area contributed by atoms with Crippen LogP contribution >= 0.6 is 0 Å². The van der Waals surface area contributed by atoms with Gasteiger partial charge in [-0.05, 0) is 276 Å². The van der Waals surface area contributed by atoms with Gasteiger partial charge in [-0.25, -0.2) is 0 Å². The van der Waals surface area contributed by atoms with Crippen molar-refractivity contribution in [2.45, 2.75) is 174 Å². The molecule has 6 heteroatoms. The van der Waals surface area contributed by atoms with Gasteiger partial charge in [0, 0.05) is 78.4 Å². The fourth-order valence-electron chi connectivity index (χ4n) is 23.7. The van der Waals surface area contributed by atoms with Gasteiger partial charge in [-0.1, -0.05) is 352 Å². The third-order valence-corrected chi connectivity index (χ3v) is 30.7. The first-order valence-corrected chi connectivity index (χ1v) is 45.8.